The van der Waals surface area contributed by atoms with Gasteiger partial charge >= 0.3 is 0 Å². The number of aryl methyl sites for hydroxylation is 1. The second-order valence-electron chi connectivity index (χ2n) is 19.4. The maximum Gasteiger partial charge on any atom is 0.259 e. The van der Waals surface area contributed by atoms with Crippen LogP contribution in [0.2, 0.25) is 0 Å². The van der Waals surface area contributed by atoms with Gasteiger partial charge in [0.2, 0.25) is 17.7 Å². The van der Waals surface area contributed by atoms with Crippen LogP contribution in [0.5, 0.6) is 5.75 Å². The molecule has 5 heterocycles. The Labute approximate surface area is 386 Å². The molecule has 2 fully saturated rings. The average Bonchev–Trinajstić information content (AvgIpc) is 3.90. The number of amides is 4. The van der Waals surface area contributed by atoms with E-state index in [4.69, 9.17) is 9.47 Å². The summed E-state index contributed by atoms with van der Waals surface area (Å²) in [5, 5.41) is 26.1. The number of benzene rings is 2. The monoisotopic (exact) mass is 907 g/mol. The zero-order valence-electron chi connectivity index (χ0n) is 39.3. The van der Waals surface area contributed by atoms with Crippen LogP contribution in [0, 0.1) is 17.3 Å². The summed E-state index contributed by atoms with van der Waals surface area (Å²) < 4.78 is 14.4. The average molecular weight is 908 g/mol. The summed E-state index contributed by atoms with van der Waals surface area (Å²) in [4.78, 5) is 75.9. The van der Waals surface area contributed by atoms with Crippen molar-refractivity contribution in [3.05, 3.63) is 71.5 Å². The highest BCUT2D eigenvalue weighted by Gasteiger charge is 2.42. The van der Waals surface area contributed by atoms with Gasteiger partial charge < -0.3 is 44.2 Å². The molecule has 0 saturated carbocycles. The van der Waals surface area contributed by atoms with Gasteiger partial charge in [0, 0.05) is 75.6 Å². The third-order valence-electron chi connectivity index (χ3n) is 13.4. The number of aromatic hydroxyl groups is 1. The number of hydrogen-bond donors (Lipinski definition) is 4. The number of likely N-dealkylation sites (tertiary alicyclic amines) is 1. The van der Waals surface area contributed by atoms with Crippen LogP contribution in [0.3, 0.4) is 0 Å². The second kappa shape index (κ2) is 20.0. The minimum absolute atomic E-state index is 0.00417. The number of hydrazine groups is 1. The molecule has 3 aliphatic heterocycles. The number of phenols is 1. The van der Waals surface area contributed by atoms with Crippen LogP contribution in [0.25, 0.3) is 33.3 Å². The van der Waals surface area contributed by atoms with Crippen LogP contribution in [0.1, 0.15) is 70.6 Å². The third kappa shape index (κ3) is 10.0. The van der Waals surface area contributed by atoms with E-state index in [1.807, 2.05) is 38.2 Å². The van der Waals surface area contributed by atoms with E-state index in [-0.39, 0.29) is 43.7 Å². The Morgan fingerprint density at radius 1 is 1.11 bits per heavy atom. The molecule has 66 heavy (non-hydrogen) atoms. The molecule has 2 aromatic heterocycles. The summed E-state index contributed by atoms with van der Waals surface area (Å²) in [6, 6.07) is 11.2. The number of hydrogen-bond acceptors (Lipinski definition) is 11. The number of pyridine rings is 1. The Morgan fingerprint density at radius 3 is 2.61 bits per heavy atom. The van der Waals surface area contributed by atoms with E-state index in [0.717, 1.165) is 45.1 Å². The number of carbonyl (C=O) groups excluding carboxylic acids is 5. The maximum atomic E-state index is 14.8. The third-order valence-corrected chi connectivity index (χ3v) is 13.4. The summed E-state index contributed by atoms with van der Waals surface area (Å²) in [5.41, 5.74) is 8.77. The van der Waals surface area contributed by atoms with Gasteiger partial charge in [0.1, 0.15) is 36.3 Å². The van der Waals surface area contributed by atoms with Crippen molar-refractivity contribution in [1.82, 2.24) is 35.1 Å². The summed E-state index contributed by atoms with van der Waals surface area (Å²) in [6.45, 7) is 11.5. The molecule has 16 heteroatoms. The molecule has 2 aromatic carbocycles. The summed E-state index contributed by atoms with van der Waals surface area (Å²) >= 11 is 0. The molecule has 0 spiro atoms. The van der Waals surface area contributed by atoms with Gasteiger partial charge in [0.05, 0.1) is 31.4 Å². The van der Waals surface area contributed by atoms with E-state index in [2.05, 4.69) is 53.2 Å². The lowest BCUT2D eigenvalue weighted by Crippen LogP contribution is -2.66. The van der Waals surface area contributed by atoms with E-state index in [1.165, 1.54) is 14.8 Å². The molecular weight excluding hydrogens is 843 g/mol. The molecule has 4 atom stereocenters. The van der Waals surface area contributed by atoms with Gasteiger partial charge in [-0.15, -0.1) is 0 Å². The minimum Gasteiger partial charge on any atom is -0.508 e. The number of likely N-dealkylation sites (N-methyl/N-ethyl adjacent to an activating group) is 1. The van der Waals surface area contributed by atoms with Crippen molar-refractivity contribution in [2.24, 2.45) is 17.3 Å². The molecule has 0 aliphatic carbocycles. The van der Waals surface area contributed by atoms with Crippen LogP contribution in [0.15, 0.2) is 54.9 Å². The van der Waals surface area contributed by atoms with Crippen molar-refractivity contribution in [3.63, 3.8) is 0 Å². The van der Waals surface area contributed by atoms with Gasteiger partial charge in [-0.05, 0) is 102 Å². The molecule has 4 aromatic rings. The molecule has 354 valence electrons. The first-order chi connectivity index (χ1) is 31.5. The number of phenolic OH excluding ortho intramolecular Hbond substituents is 1. The van der Waals surface area contributed by atoms with Gasteiger partial charge in [0.15, 0.2) is 0 Å². The number of aliphatic hydroxyl groups is 1. The van der Waals surface area contributed by atoms with Gasteiger partial charge in [-0.3, -0.25) is 29.2 Å². The number of nitrogens with zero attached hydrogens (tertiary/aromatic N) is 5. The number of rotatable bonds is 11. The lowest BCUT2D eigenvalue weighted by molar-refractivity contribution is -0.148. The molecule has 3 aliphatic rings. The molecule has 2 saturated heterocycles. The van der Waals surface area contributed by atoms with Crippen LogP contribution >= 0.6 is 0 Å². The second-order valence-corrected chi connectivity index (χ2v) is 19.4. The molecule has 0 radical (unpaired) electrons. The molecule has 1 unspecified atom stereocenters. The maximum absolute atomic E-state index is 14.8. The van der Waals surface area contributed by atoms with Crippen molar-refractivity contribution >= 4 is 40.8 Å². The number of methoxy groups -OCH3 is 1. The quantitative estimate of drug-likeness (QED) is 0.157. The number of aliphatic hydroxyl groups excluding tert-OH is 1. The summed E-state index contributed by atoms with van der Waals surface area (Å²) in [7, 11) is 3.23. The number of fused-ring (bicyclic) bond motifs is 6. The van der Waals surface area contributed by atoms with E-state index >= 15 is 0 Å². The summed E-state index contributed by atoms with van der Waals surface area (Å²) in [6.07, 6.45) is 6.33. The lowest BCUT2D eigenvalue weighted by atomic mass is 9.84. The predicted molar refractivity (Wildman–Crippen MR) is 249 cm³/mol. The van der Waals surface area contributed by atoms with Gasteiger partial charge in [-0.1, -0.05) is 39.8 Å². The smallest absolute Gasteiger partial charge is 0.259 e. The number of carbonyl (C=O) groups is 5. The number of ether oxygens (including phenoxy) is 2. The zero-order chi connectivity index (χ0) is 47.5. The van der Waals surface area contributed by atoms with Crippen molar-refractivity contribution in [1.29, 1.82) is 0 Å². The largest absolute Gasteiger partial charge is 0.508 e. The van der Waals surface area contributed by atoms with Crippen molar-refractivity contribution in [3.8, 4) is 28.1 Å². The van der Waals surface area contributed by atoms with E-state index < -0.39 is 53.3 Å². The SMILES string of the molecule is CCn1c(-c2cnccc2COC)c2c3cc(ccc31)-c1cc(O)cc(c1)C[C@H](NC(=O)[C@H](C(C)C)N(C)C(=O)[C@H]1CCN(C(=O)CO)C1)C(=O)N1CCCC(C=O)(COCC(C)(C)C2)N1. The molecule has 7 rings (SSSR count). The standard InChI is InChI=1S/C50H65N7O9/c1-8-56-42-11-10-33-22-38(42)39(45(56)40-24-51-15-12-35(40)27-65-7)23-49(4,5)29-66-30-50(28-59)14-9-16-57(53-50)48(64)41(20-32-18-36(33)21-37(60)19-32)52-46(62)44(31(2)3)54(6)47(63)34-13-17-55(25-34)43(61)26-58/h10-12,15,18-19,21-22,24,28,31,34,41,44,53,58,60H,8-9,13-14,16-17,20,23,25-27,29-30H2,1-7H3,(H,52,62)/t34-,41-,44-,50?/m0/s1. The molecule has 4 amide bonds. The fraction of sp³-hybridized carbons (Fsp3) is 0.520. The van der Waals surface area contributed by atoms with Crippen molar-refractivity contribution < 1.29 is 43.7 Å². The summed E-state index contributed by atoms with van der Waals surface area (Å²) in [5.74, 6) is -2.78. The molecule has 6 bridgehead atoms. The Balaban J connectivity index is 1.31. The van der Waals surface area contributed by atoms with Crippen molar-refractivity contribution in [2.75, 3.05) is 53.6 Å². The van der Waals surface area contributed by atoms with Gasteiger partial charge in [0.25, 0.3) is 5.91 Å². The fourth-order valence-electron chi connectivity index (χ4n) is 10.2. The van der Waals surface area contributed by atoms with Gasteiger partial charge in [-0.2, -0.15) is 0 Å². The van der Waals surface area contributed by atoms with Crippen LogP contribution in [-0.4, -0.2) is 136 Å². The van der Waals surface area contributed by atoms with Crippen LogP contribution < -0.4 is 10.7 Å². The van der Waals surface area contributed by atoms with Crippen LogP contribution in [0.4, 0.5) is 0 Å². The Hall–Kier alpha value is -5.68. The van der Waals surface area contributed by atoms with E-state index in [0.29, 0.717) is 63.1 Å². The normalized spacial score (nSPS) is 21.7. The van der Waals surface area contributed by atoms with E-state index in [1.54, 1.807) is 32.5 Å². The van der Waals surface area contributed by atoms with E-state index in [9.17, 15) is 34.2 Å². The van der Waals surface area contributed by atoms with Crippen molar-refractivity contribution in [2.45, 2.75) is 97.5 Å². The highest BCUT2D eigenvalue weighted by atomic mass is 16.5. The molecular formula is C50H65N7O9. The number of aromatic nitrogens is 2. The van der Waals surface area contributed by atoms with Gasteiger partial charge in [-0.25, -0.2) is 5.43 Å². The first-order valence-corrected chi connectivity index (χ1v) is 23.0. The number of aldehydes is 1. The van der Waals surface area contributed by atoms with Crippen LogP contribution in [-0.2, 0) is 59.4 Å². The molecule has 4 N–H and O–H groups in total. The Bertz CT molecular complexity index is 2470. The predicted octanol–water partition coefficient (Wildman–Crippen LogP) is 4.26. The highest BCUT2D eigenvalue weighted by molar-refractivity contribution is 5.96. The minimum atomic E-state index is -1.23. The highest BCUT2D eigenvalue weighted by Crippen LogP contribution is 2.41. The topological polar surface area (TPSA) is 196 Å². The fourth-order valence-corrected chi connectivity index (χ4v) is 10.2. The number of nitrogens with one attached hydrogen (secondary N) is 2. The zero-order valence-corrected chi connectivity index (χ0v) is 39.3. The lowest BCUT2D eigenvalue weighted by Gasteiger charge is -2.42. The first-order valence-electron chi connectivity index (χ1n) is 23.0. The molecule has 16 nitrogen and oxygen atoms in total. The Kier molecular flexibility index (Phi) is 14.7. The Morgan fingerprint density at radius 2 is 1.89 bits per heavy atom. The first kappa shape index (κ1) is 48.3.